The molecule has 0 spiro atoms. The Morgan fingerprint density at radius 3 is 2.65 bits per heavy atom. The summed E-state index contributed by atoms with van der Waals surface area (Å²) in [6.45, 7) is 7.05. The SMILES string of the molecule is CNC(C)(C#N)CCCCn1cnc(C)c1C. The third-order valence-electron chi connectivity index (χ3n) is 3.47. The van der Waals surface area contributed by atoms with E-state index in [0.717, 1.165) is 31.5 Å². The average molecular weight is 234 g/mol. The van der Waals surface area contributed by atoms with Crippen LogP contribution in [0.3, 0.4) is 0 Å². The van der Waals surface area contributed by atoms with Gasteiger partial charge in [-0.15, -0.1) is 0 Å². The van der Waals surface area contributed by atoms with Crippen LogP contribution >= 0.6 is 0 Å². The molecular formula is C13H22N4. The van der Waals surface area contributed by atoms with E-state index in [0.29, 0.717) is 0 Å². The number of unbranched alkanes of at least 4 members (excludes halogenated alkanes) is 1. The first kappa shape index (κ1) is 13.7. The Labute approximate surface area is 104 Å². The molecule has 1 aromatic rings. The topological polar surface area (TPSA) is 53.6 Å². The molecule has 0 fully saturated rings. The molecule has 1 N–H and O–H groups in total. The van der Waals surface area contributed by atoms with Crippen molar-refractivity contribution in [2.24, 2.45) is 0 Å². The van der Waals surface area contributed by atoms with E-state index in [1.165, 1.54) is 5.69 Å². The van der Waals surface area contributed by atoms with Gasteiger partial charge in [0.15, 0.2) is 0 Å². The molecule has 1 unspecified atom stereocenters. The second-order valence-electron chi connectivity index (χ2n) is 4.76. The number of nitrogens with zero attached hydrogens (tertiary/aromatic N) is 3. The van der Waals surface area contributed by atoms with Crippen molar-refractivity contribution in [1.82, 2.24) is 14.9 Å². The second kappa shape index (κ2) is 5.83. The molecule has 0 bridgehead atoms. The summed E-state index contributed by atoms with van der Waals surface area (Å²) in [5, 5.41) is 12.1. The van der Waals surface area contributed by atoms with Gasteiger partial charge in [-0.25, -0.2) is 4.98 Å². The van der Waals surface area contributed by atoms with Crippen molar-refractivity contribution in [1.29, 1.82) is 5.26 Å². The standard InChI is InChI=1S/C13H22N4/c1-11-12(2)17(10-16-11)8-6-5-7-13(3,9-14)15-4/h10,15H,5-8H2,1-4H3. The molecule has 94 valence electrons. The van der Waals surface area contributed by atoms with E-state index in [4.69, 9.17) is 5.26 Å². The lowest BCUT2D eigenvalue weighted by molar-refractivity contribution is 0.423. The molecule has 0 amide bonds. The van der Waals surface area contributed by atoms with E-state index in [9.17, 15) is 0 Å². The summed E-state index contributed by atoms with van der Waals surface area (Å²) in [5.41, 5.74) is 1.95. The zero-order chi connectivity index (χ0) is 12.9. The Balaban J connectivity index is 2.35. The van der Waals surface area contributed by atoms with Crippen LogP contribution in [0.1, 0.15) is 37.6 Å². The van der Waals surface area contributed by atoms with Gasteiger partial charge < -0.3 is 9.88 Å². The van der Waals surface area contributed by atoms with Crippen LogP contribution in [-0.2, 0) is 6.54 Å². The van der Waals surface area contributed by atoms with Crippen molar-refractivity contribution >= 4 is 0 Å². The molecule has 1 aromatic heterocycles. The molecule has 0 aliphatic carbocycles. The van der Waals surface area contributed by atoms with Crippen LogP contribution < -0.4 is 5.32 Å². The summed E-state index contributed by atoms with van der Waals surface area (Å²) in [6.07, 6.45) is 4.90. The van der Waals surface area contributed by atoms with Crippen LogP contribution in [0, 0.1) is 25.2 Å². The summed E-state index contributed by atoms with van der Waals surface area (Å²) in [6, 6.07) is 2.31. The lowest BCUT2D eigenvalue weighted by Crippen LogP contribution is -2.37. The van der Waals surface area contributed by atoms with Crippen LogP contribution in [0.25, 0.3) is 0 Å². The normalized spacial score (nSPS) is 14.3. The smallest absolute Gasteiger partial charge is 0.103 e. The van der Waals surface area contributed by atoms with Gasteiger partial charge in [0.1, 0.15) is 5.54 Å². The Kier molecular flexibility index (Phi) is 4.71. The van der Waals surface area contributed by atoms with Gasteiger partial charge in [-0.05, 0) is 47.1 Å². The quantitative estimate of drug-likeness (QED) is 0.767. The average Bonchev–Trinajstić information content (AvgIpc) is 2.66. The Bertz CT molecular complexity index is 402. The monoisotopic (exact) mass is 234 g/mol. The zero-order valence-electron chi connectivity index (χ0n) is 11.2. The molecule has 4 nitrogen and oxygen atoms in total. The number of nitriles is 1. The largest absolute Gasteiger partial charge is 0.335 e. The maximum Gasteiger partial charge on any atom is 0.103 e. The number of hydrogen-bond donors (Lipinski definition) is 1. The Hall–Kier alpha value is -1.34. The highest BCUT2D eigenvalue weighted by Crippen LogP contribution is 2.13. The fourth-order valence-corrected chi connectivity index (χ4v) is 1.77. The molecule has 0 aliphatic heterocycles. The maximum atomic E-state index is 9.02. The van der Waals surface area contributed by atoms with E-state index in [2.05, 4.69) is 27.9 Å². The molecule has 0 radical (unpaired) electrons. The molecule has 1 rings (SSSR count). The Morgan fingerprint density at radius 1 is 1.47 bits per heavy atom. The van der Waals surface area contributed by atoms with Crippen LogP contribution in [0.5, 0.6) is 0 Å². The van der Waals surface area contributed by atoms with Gasteiger partial charge in [0.25, 0.3) is 0 Å². The summed E-state index contributed by atoms with van der Waals surface area (Å²) in [4.78, 5) is 4.27. The molecule has 0 aliphatic rings. The van der Waals surface area contributed by atoms with Gasteiger partial charge in [-0.1, -0.05) is 0 Å². The number of aromatic nitrogens is 2. The summed E-state index contributed by atoms with van der Waals surface area (Å²) in [7, 11) is 1.84. The van der Waals surface area contributed by atoms with E-state index in [1.807, 2.05) is 27.2 Å². The molecule has 17 heavy (non-hydrogen) atoms. The molecular weight excluding hydrogens is 212 g/mol. The molecule has 4 heteroatoms. The number of imidazole rings is 1. The fourth-order valence-electron chi connectivity index (χ4n) is 1.77. The van der Waals surface area contributed by atoms with Crippen molar-refractivity contribution in [3.8, 4) is 6.07 Å². The highest BCUT2D eigenvalue weighted by atomic mass is 15.0. The van der Waals surface area contributed by atoms with Gasteiger partial charge >= 0.3 is 0 Å². The highest BCUT2D eigenvalue weighted by molar-refractivity contribution is 5.08. The van der Waals surface area contributed by atoms with Crippen molar-refractivity contribution in [3.63, 3.8) is 0 Å². The van der Waals surface area contributed by atoms with E-state index < -0.39 is 0 Å². The zero-order valence-corrected chi connectivity index (χ0v) is 11.2. The third-order valence-corrected chi connectivity index (χ3v) is 3.47. The second-order valence-corrected chi connectivity index (χ2v) is 4.76. The van der Waals surface area contributed by atoms with Gasteiger partial charge in [-0.3, -0.25) is 0 Å². The van der Waals surface area contributed by atoms with Crippen LogP contribution in [0.15, 0.2) is 6.33 Å². The minimum absolute atomic E-state index is 0.389. The number of aryl methyl sites for hydroxylation is 2. The molecule has 1 heterocycles. The van der Waals surface area contributed by atoms with Crippen molar-refractivity contribution in [2.75, 3.05) is 7.05 Å². The summed E-state index contributed by atoms with van der Waals surface area (Å²) >= 11 is 0. The molecule has 0 saturated carbocycles. The first-order valence-electron chi connectivity index (χ1n) is 6.11. The first-order valence-corrected chi connectivity index (χ1v) is 6.11. The predicted octanol–water partition coefficient (Wildman–Crippen LogP) is 2.17. The maximum absolute atomic E-state index is 9.02. The fraction of sp³-hybridized carbons (Fsp3) is 0.692. The van der Waals surface area contributed by atoms with E-state index >= 15 is 0 Å². The van der Waals surface area contributed by atoms with E-state index in [1.54, 1.807) is 0 Å². The molecule has 0 aromatic carbocycles. The van der Waals surface area contributed by atoms with Crippen LogP contribution in [-0.4, -0.2) is 22.1 Å². The van der Waals surface area contributed by atoms with E-state index in [-0.39, 0.29) is 5.54 Å². The van der Waals surface area contributed by atoms with Crippen molar-refractivity contribution in [2.45, 2.75) is 52.1 Å². The number of nitrogens with one attached hydrogen (secondary N) is 1. The molecule has 0 saturated heterocycles. The van der Waals surface area contributed by atoms with Gasteiger partial charge in [0.05, 0.1) is 18.1 Å². The number of hydrogen-bond acceptors (Lipinski definition) is 3. The lowest BCUT2D eigenvalue weighted by atomic mass is 9.97. The van der Waals surface area contributed by atoms with Gasteiger partial charge in [0, 0.05) is 12.2 Å². The van der Waals surface area contributed by atoms with Gasteiger partial charge in [0.2, 0.25) is 0 Å². The Morgan fingerprint density at radius 2 is 2.18 bits per heavy atom. The van der Waals surface area contributed by atoms with Crippen molar-refractivity contribution in [3.05, 3.63) is 17.7 Å². The first-order chi connectivity index (χ1) is 8.02. The minimum atomic E-state index is -0.389. The predicted molar refractivity (Wildman–Crippen MR) is 68.6 cm³/mol. The summed E-state index contributed by atoms with van der Waals surface area (Å²) < 4.78 is 2.18. The van der Waals surface area contributed by atoms with Crippen LogP contribution in [0.4, 0.5) is 0 Å². The van der Waals surface area contributed by atoms with Crippen molar-refractivity contribution < 1.29 is 0 Å². The minimum Gasteiger partial charge on any atom is -0.335 e. The van der Waals surface area contributed by atoms with Gasteiger partial charge in [-0.2, -0.15) is 5.26 Å². The summed E-state index contributed by atoms with van der Waals surface area (Å²) in [5.74, 6) is 0. The number of rotatable bonds is 6. The highest BCUT2D eigenvalue weighted by Gasteiger charge is 2.19. The molecule has 1 atom stereocenters. The third kappa shape index (κ3) is 3.57. The van der Waals surface area contributed by atoms with Crippen LogP contribution in [0.2, 0.25) is 0 Å². The lowest BCUT2D eigenvalue weighted by Gasteiger charge is -2.20.